The molecule has 0 saturated carbocycles. The highest BCUT2D eigenvalue weighted by atomic mass is 32.2. The number of amides is 2. The SMILES string of the molecule is CCOC(=O)[C@H](CC(C)C)NP(=O)(OC[C@H]1S[C@@H](n2ccc(N(C(=O)OC(C)(C)C)C(=O)OC(C)(C)C)nc2=O)[C@@H](F)[C@@H]1OC(=O)OC(C)(C)C)Oc1ccccc1. The quantitative estimate of drug-likeness (QED) is 0.109. The molecule has 1 aliphatic heterocycles. The Kier molecular flexibility index (Phi) is 16.4. The molecule has 1 aromatic carbocycles. The monoisotopic (exact) mass is 858 g/mol. The molecule has 58 heavy (non-hydrogen) atoms. The Hall–Kier alpha value is -4.19. The van der Waals surface area contributed by atoms with Crippen molar-refractivity contribution in [1.29, 1.82) is 0 Å². The van der Waals surface area contributed by atoms with Crippen molar-refractivity contribution in [2.24, 2.45) is 5.92 Å². The molecule has 1 fully saturated rings. The van der Waals surface area contributed by atoms with Gasteiger partial charge in [-0.25, -0.2) is 28.1 Å². The molecule has 0 spiro atoms. The summed E-state index contributed by atoms with van der Waals surface area (Å²) >= 11 is 0.785. The minimum Gasteiger partial charge on any atom is -0.465 e. The predicted molar refractivity (Wildman–Crippen MR) is 214 cm³/mol. The maximum absolute atomic E-state index is 16.6. The summed E-state index contributed by atoms with van der Waals surface area (Å²) in [7, 11) is -4.50. The van der Waals surface area contributed by atoms with E-state index in [1.165, 1.54) is 12.1 Å². The average Bonchev–Trinajstić information content (AvgIpc) is 3.35. The summed E-state index contributed by atoms with van der Waals surface area (Å²) in [6.45, 7) is 19.0. The van der Waals surface area contributed by atoms with E-state index in [0.29, 0.717) is 4.90 Å². The average molecular weight is 859 g/mol. The minimum absolute atomic E-state index is 0.0523. The number of thioether (sulfide) groups is 1. The lowest BCUT2D eigenvalue weighted by molar-refractivity contribution is -0.145. The molecule has 3 rings (SSSR count). The summed E-state index contributed by atoms with van der Waals surface area (Å²) in [5, 5.41) is 0.0782. The van der Waals surface area contributed by atoms with Crippen LogP contribution in [0, 0.1) is 5.92 Å². The number of para-hydroxylation sites is 1. The molecule has 2 aromatic rings. The molecule has 1 N–H and O–H groups in total. The van der Waals surface area contributed by atoms with E-state index in [1.807, 2.05) is 13.8 Å². The topological polar surface area (TPSA) is 200 Å². The maximum atomic E-state index is 16.6. The molecule has 324 valence electrons. The Bertz CT molecular complexity index is 1820. The molecule has 1 unspecified atom stereocenters. The van der Waals surface area contributed by atoms with E-state index in [-0.39, 0.29) is 24.7 Å². The Morgan fingerprint density at radius 1 is 0.931 bits per heavy atom. The van der Waals surface area contributed by atoms with E-state index < -0.39 is 95.9 Å². The number of hydrogen-bond acceptors (Lipinski definition) is 15. The van der Waals surface area contributed by atoms with Crippen molar-refractivity contribution < 1.29 is 60.9 Å². The molecule has 17 nitrogen and oxygen atoms in total. The first-order valence-corrected chi connectivity index (χ1v) is 21.2. The predicted octanol–water partition coefficient (Wildman–Crippen LogP) is 7.96. The summed E-state index contributed by atoms with van der Waals surface area (Å²) in [6.07, 6.45) is -6.07. The van der Waals surface area contributed by atoms with Gasteiger partial charge in [-0.05, 0) is 99.8 Å². The zero-order chi connectivity index (χ0) is 43.8. The van der Waals surface area contributed by atoms with Crippen LogP contribution in [0.4, 0.5) is 24.6 Å². The number of carbonyl (C=O) groups is 4. The summed E-state index contributed by atoms with van der Waals surface area (Å²) in [5.41, 5.74) is -4.21. The molecule has 1 aromatic heterocycles. The van der Waals surface area contributed by atoms with E-state index in [2.05, 4.69) is 10.1 Å². The van der Waals surface area contributed by atoms with Crippen LogP contribution in [0.25, 0.3) is 0 Å². The fourth-order valence-electron chi connectivity index (χ4n) is 5.17. The van der Waals surface area contributed by atoms with Gasteiger partial charge in [0.15, 0.2) is 18.1 Å². The van der Waals surface area contributed by atoms with Crippen LogP contribution in [0.1, 0.15) is 94.9 Å². The minimum atomic E-state index is -4.50. The van der Waals surface area contributed by atoms with Gasteiger partial charge in [-0.2, -0.15) is 15.0 Å². The second kappa shape index (κ2) is 19.7. The standard InChI is InChI=1S/C38H56FN4O13PS/c1-13-50-31(44)25(21-23(2)3)41-57(49,56-24-17-15-14-16-18-24)51-22-26-29(52-35(48)55-38(10,11)12)28(39)30(58-26)42-20-19-27(40-32(42)45)43(33(46)53-36(4,5)6)34(47)54-37(7,8)9/h14-20,23,25-26,28-30H,13,21-22H2,1-12H3,(H,41,49)/t25-,26+,28-,29+,30+,57?/m0/s1. The molecule has 0 radical (unpaired) electrons. The highest BCUT2D eigenvalue weighted by Crippen LogP contribution is 2.50. The number of nitrogens with zero attached hydrogens (tertiary/aromatic N) is 3. The van der Waals surface area contributed by atoms with Gasteiger partial charge in [0.2, 0.25) is 0 Å². The lowest BCUT2D eigenvalue weighted by Crippen LogP contribution is -2.45. The van der Waals surface area contributed by atoms with Crippen LogP contribution in [0.2, 0.25) is 0 Å². The first kappa shape index (κ1) is 48.2. The molecule has 1 saturated heterocycles. The number of anilines is 1. The Morgan fingerprint density at radius 3 is 2.00 bits per heavy atom. The number of benzene rings is 1. The van der Waals surface area contributed by atoms with Gasteiger partial charge in [-0.1, -0.05) is 32.0 Å². The second-order valence-corrected chi connectivity index (χ2v) is 19.6. The van der Waals surface area contributed by atoms with E-state index in [9.17, 15) is 28.5 Å². The number of alkyl halides is 1. The number of rotatable bonds is 14. The van der Waals surface area contributed by atoms with Gasteiger partial charge in [0.05, 0.1) is 18.5 Å². The van der Waals surface area contributed by atoms with Crippen molar-refractivity contribution in [3.8, 4) is 5.75 Å². The van der Waals surface area contributed by atoms with Gasteiger partial charge in [0, 0.05) is 6.20 Å². The van der Waals surface area contributed by atoms with Crippen molar-refractivity contribution in [2.75, 3.05) is 18.1 Å². The molecule has 0 bridgehead atoms. The molecule has 2 heterocycles. The van der Waals surface area contributed by atoms with Crippen LogP contribution in [-0.2, 0) is 37.6 Å². The van der Waals surface area contributed by atoms with Gasteiger partial charge in [-0.15, -0.1) is 11.8 Å². The zero-order valence-electron chi connectivity index (χ0n) is 35.0. The van der Waals surface area contributed by atoms with Crippen LogP contribution in [0.3, 0.4) is 0 Å². The molecule has 2 amide bonds. The van der Waals surface area contributed by atoms with Crippen LogP contribution in [-0.4, -0.2) is 87.4 Å². The molecule has 0 aliphatic carbocycles. The Labute approximate surface area is 342 Å². The molecule has 1 aliphatic rings. The van der Waals surface area contributed by atoms with Gasteiger partial charge in [0.25, 0.3) is 0 Å². The van der Waals surface area contributed by atoms with Crippen LogP contribution >= 0.6 is 19.5 Å². The summed E-state index contributed by atoms with van der Waals surface area (Å²) in [4.78, 5) is 70.2. The summed E-state index contributed by atoms with van der Waals surface area (Å²) in [5.74, 6) is -1.10. The Morgan fingerprint density at radius 2 is 1.50 bits per heavy atom. The Balaban J connectivity index is 2.03. The number of hydrogen-bond donors (Lipinski definition) is 1. The van der Waals surface area contributed by atoms with Gasteiger partial charge < -0.3 is 28.2 Å². The first-order valence-electron chi connectivity index (χ1n) is 18.7. The largest absolute Gasteiger partial charge is 0.509 e. The number of esters is 1. The van der Waals surface area contributed by atoms with Crippen molar-refractivity contribution in [3.05, 3.63) is 53.1 Å². The summed E-state index contributed by atoms with van der Waals surface area (Å²) < 4.78 is 70.4. The van der Waals surface area contributed by atoms with Gasteiger partial charge in [-0.3, -0.25) is 13.9 Å². The zero-order valence-corrected chi connectivity index (χ0v) is 36.7. The van der Waals surface area contributed by atoms with E-state index in [0.717, 1.165) is 28.6 Å². The van der Waals surface area contributed by atoms with Crippen molar-refractivity contribution in [3.63, 3.8) is 0 Å². The fourth-order valence-corrected chi connectivity index (χ4v) is 8.26. The number of imide groups is 1. The third-order valence-electron chi connectivity index (χ3n) is 7.33. The van der Waals surface area contributed by atoms with Crippen molar-refractivity contribution in [2.45, 2.75) is 135 Å². The normalized spacial score (nSPS) is 20.0. The highest BCUT2D eigenvalue weighted by Gasteiger charge is 2.50. The van der Waals surface area contributed by atoms with E-state index in [1.54, 1.807) is 87.4 Å². The van der Waals surface area contributed by atoms with Gasteiger partial charge >= 0.3 is 37.7 Å². The van der Waals surface area contributed by atoms with E-state index in [4.69, 9.17) is 32.7 Å². The van der Waals surface area contributed by atoms with Crippen LogP contribution in [0.5, 0.6) is 5.75 Å². The molecule has 20 heteroatoms. The lowest BCUT2D eigenvalue weighted by Gasteiger charge is -2.28. The smallest absolute Gasteiger partial charge is 0.465 e. The summed E-state index contributed by atoms with van der Waals surface area (Å²) in [6, 6.07) is 7.98. The van der Waals surface area contributed by atoms with Gasteiger partial charge in [0.1, 0.15) is 34.0 Å². The number of halogens is 1. The van der Waals surface area contributed by atoms with Crippen LogP contribution in [0.15, 0.2) is 47.4 Å². The second-order valence-electron chi connectivity index (χ2n) is 16.6. The third kappa shape index (κ3) is 14.9. The third-order valence-corrected chi connectivity index (χ3v) is 10.4. The fraction of sp³-hybridized carbons (Fsp3) is 0.632. The molecule has 6 atom stereocenters. The molecular weight excluding hydrogens is 802 g/mol. The first-order chi connectivity index (χ1) is 26.7. The van der Waals surface area contributed by atoms with Crippen LogP contribution < -0.4 is 20.2 Å². The van der Waals surface area contributed by atoms with Crippen molar-refractivity contribution in [1.82, 2.24) is 14.6 Å². The van der Waals surface area contributed by atoms with E-state index >= 15 is 4.39 Å². The number of nitrogens with one attached hydrogen (secondary N) is 1. The number of carbonyl (C=O) groups excluding carboxylic acids is 4. The number of ether oxygens (including phenoxy) is 5. The van der Waals surface area contributed by atoms with Crippen molar-refractivity contribution >= 4 is 49.6 Å². The molecular formula is C38H56FN4O13PS. The highest BCUT2D eigenvalue weighted by molar-refractivity contribution is 8.00. The lowest BCUT2D eigenvalue weighted by atomic mass is 10.1. The maximum Gasteiger partial charge on any atom is 0.509 e. The number of aromatic nitrogens is 2.